The van der Waals surface area contributed by atoms with Gasteiger partial charge in [0.25, 0.3) is 10.0 Å². The number of hydrogen-bond donors (Lipinski definition) is 0. The molecule has 0 atom stereocenters. The Labute approximate surface area is 131 Å². The Bertz CT molecular complexity index is 535. The van der Waals surface area contributed by atoms with Gasteiger partial charge in [0, 0.05) is 23.3 Å². The monoisotopic (exact) mass is 335 g/mol. The predicted molar refractivity (Wildman–Crippen MR) is 85.1 cm³/mol. The van der Waals surface area contributed by atoms with Crippen molar-refractivity contribution in [3.05, 3.63) is 17.0 Å². The van der Waals surface area contributed by atoms with Gasteiger partial charge >= 0.3 is 0 Å². The molecule has 0 unspecified atom stereocenters. The van der Waals surface area contributed by atoms with Gasteiger partial charge in [-0.2, -0.15) is 4.31 Å². The number of sulfonamides is 1. The fraction of sp³-hybridized carbons (Fsp3) is 0.714. The van der Waals surface area contributed by atoms with E-state index in [0.29, 0.717) is 22.6 Å². The van der Waals surface area contributed by atoms with Crippen molar-refractivity contribution in [1.82, 2.24) is 4.31 Å². The summed E-state index contributed by atoms with van der Waals surface area (Å²) in [6.45, 7) is 4.89. The van der Waals surface area contributed by atoms with E-state index in [-0.39, 0.29) is 6.04 Å². The lowest BCUT2D eigenvalue weighted by Crippen LogP contribution is -2.34. The SMILES string of the molecule is CC(C)CCN(C1CC1)S(=O)(=O)c1ccc(CCCl)s1. The number of thiophene rings is 1. The predicted octanol–water partition coefficient (Wildman–Crippen LogP) is 3.73. The Hall–Kier alpha value is -0.100. The zero-order valence-electron chi connectivity index (χ0n) is 12.0. The van der Waals surface area contributed by atoms with Gasteiger partial charge in [-0.05, 0) is 43.7 Å². The summed E-state index contributed by atoms with van der Waals surface area (Å²) in [5.74, 6) is 1.04. The largest absolute Gasteiger partial charge is 0.252 e. The first-order valence-corrected chi connectivity index (χ1v) is 9.90. The summed E-state index contributed by atoms with van der Waals surface area (Å²) in [5, 5.41) is 0. The fourth-order valence-electron chi connectivity index (χ4n) is 2.09. The van der Waals surface area contributed by atoms with Crippen molar-refractivity contribution in [3.63, 3.8) is 0 Å². The van der Waals surface area contributed by atoms with E-state index in [1.54, 1.807) is 10.4 Å². The van der Waals surface area contributed by atoms with Crippen molar-refractivity contribution in [3.8, 4) is 0 Å². The van der Waals surface area contributed by atoms with Crippen LogP contribution in [0.1, 0.15) is 38.0 Å². The second-order valence-corrected chi connectivity index (χ2v) is 9.35. The molecule has 0 saturated heterocycles. The molecule has 0 aliphatic heterocycles. The van der Waals surface area contributed by atoms with Gasteiger partial charge in [-0.25, -0.2) is 8.42 Å². The second kappa shape index (κ2) is 6.77. The van der Waals surface area contributed by atoms with Gasteiger partial charge in [0.1, 0.15) is 4.21 Å². The number of rotatable bonds is 8. The maximum atomic E-state index is 12.7. The zero-order valence-corrected chi connectivity index (χ0v) is 14.4. The van der Waals surface area contributed by atoms with E-state index >= 15 is 0 Å². The molecule has 1 aromatic heterocycles. The second-order valence-electron chi connectivity index (χ2n) is 5.69. The van der Waals surface area contributed by atoms with Crippen LogP contribution in [0.4, 0.5) is 0 Å². The van der Waals surface area contributed by atoms with E-state index in [9.17, 15) is 8.42 Å². The van der Waals surface area contributed by atoms with E-state index in [4.69, 9.17) is 11.6 Å². The number of aryl methyl sites for hydroxylation is 1. The zero-order chi connectivity index (χ0) is 14.8. The molecule has 3 nitrogen and oxygen atoms in total. The Morgan fingerprint density at radius 3 is 2.65 bits per heavy atom. The molecule has 0 amide bonds. The van der Waals surface area contributed by atoms with E-state index < -0.39 is 10.0 Å². The Morgan fingerprint density at radius 2 is 2.10 bits per heavy atom. The lowest BCUT2D eigenvalue weighted by molar-refractivity contribution is 0.374. The van der Waals surface area contributed by atoms with Crippen molar-refractivity contribution >= 4 is 33.0 Å². The minimum absolute atomic E-state index is 0.220. The van der Waals surface area contributed by atoms with Crippen LogP contribution in [0.25, 0.3) is 0 Å². The molecule has 20 heavy (non-hydrogen) atoms. The molecular weight excluding hydrogens is 314 g/mol. The molecule has 6 heteroatoms. The summed E-state index contributed by atoms with van der Waals surface area (Å²) >= 11 is 7.07. The quantitative estimate of drug-likeness (QED) is 0.679. The van der Waals surface area contributed by atoms with Crippen molar-refractivity contribution < 1.29 is 8.42 Å². The molecular formula is C14H22ClNO2S2. The van der Waals surface area contributed by atoms with Crippen LogP contribution < -0.4 is 0 Å². The highest BCUT2D eigenvalue weighted by Crippen LogP contribution is 2.34. The van der Waals surface area contributed by atoms with Crippen LogP contribution in [0, 0.1) is 5.92 Å². The van der Waals surface area contributed by atoms with Gasteiger partial charge in [-0.15, -0.1) is 22.9 Å². The first-order valence-electron chi connectivity index (χ1n) is 7.11. The number of nitrogens with zero attached hydrogens (tertiary/aromatic N) is 1. The summed E-state index contributed by atoms with van der Waals surface area (Å²) in [4.78, 5) is 1.04. The maximum Gasteiger partial charge on any atom is 0.252 e. The van der Waals surface area contributed by atoms with Crippen LogP contribution in [0.3, 0.4) is 0 Å². The highest BCUT2D eigenvalue weighted by Gasteiger charge is 2.38. The minimum atomic E-state index is -3.32. The summed E-state index contributed by atoms with van der Waals surface area (Å²) < 4.78 is 27.7. The third-order valence-electron chi connectivity index (χ3n) is 3.42. The Kier molecular flexibility index (Phi) is 5.51. The van der Waals surface area contributed by atoms with E-state index in [0.717, 1.165) is 30.6 Å². The van der Waals surface area contributed by atoms with Crippen molar-refractivity contribution in [1.29, 1.82) is 0 Å². The normalized spacial score (nSPS) is 16.2. The average Bonchev–Trinajstić information content (AvgIpc) is 3.07. The molecule has 0 radical (unpaired) electrons. The first kappa shape index (κ1) is 16.3. The van der Waals surface area contributed by atoms with Gasteiger partial charge in [0.2, 0.25) is 0 Å². The first-order chi connectivity index (χ1) is 9.45. The van der Waals surface area contributed by atoms with Crippen LogP contribution in [0.15, 0.2) is 16.3 Å². The fourth-order valence-corrected chi connectivity index (χ4v) is 5.59. The van der Waals surface area contributed by atoms with Gasteiger partial charge < -0.3 is 0 Å². The summed E-state index contributed by atoms with van der Waals surface area (Å²) in [7, 11) is -3.32. The van der Waals surface area contributed by atoms with Crippen LogP contribution in [0.2, 0.25) is 0 Å². The molecule has 0 aromatic carbocycles. The molecule has 2 rings (SSSR count). The molecule has 0 spiro atoms. The van der Waals surface area contributed by atoms with Crippen LogP contribution in [-0.4, -0.2) is 31.2 Å². The summed E-state index contributed by atoms with van der Waals surface area (Å²) in [5.41, 5.74) is 0. The standard InChI is InChI=1S/C14H22ClNO2S2/c1-11(2)8-10-16(12-3-4-12)20(17,18)14-6-5-13(19-14)7-9-15/h5-6,11-12H,3-4,7-10H2,1-2H3. The molecule has 1 heterocycles. The van der Waals surface area contributed by atoms with E-state index in [2.05, 4.69) is 13.8 Å². The van der Waals surface area contributed by atoms with Crippen molar-refractivity contribution in [2.75, 3.05) is 12.4 Å². The molecule has 1 aliphatic carbocycles. The summed E-state index contributed by atoms with van der Waals surface area (Å²) in [6, 6.07) is 3.83. The van der Waals surface area contributed by atoms with E-state index in [1.807, 2.05) is 6.07 Å². The number of halogens is 1. The average molecular weight is 336 g/mol. The lowest BCUT2D eigenvalue weighted by atomic mass is 10.1. The molecule has 1 fully saturated rings. The van der Waals surface area contributed by atoms with Crippen molar-refractivity contribution in [2.24, 2.45) is 5.92 Å². The molecule has 0 N–H and O–H groups in total. The van der Waals surface area contributed by atoms with Gasteiger partial charge in [0.05, 0.1) is 0 Å². The van der Waals surface area contributed by atoms with Crippen LogP contribution in [0.5, 0.6) is 0 Å². The molecule has 1 aromatic rings. The highest BCUT2D eigenvalue weighted by atomic mass is 35.5. The van der Waals surface area contributed by atoms with Crippen LogP contribution >= 0.6 is 22.9 Å². The number of hydrogen-bond acceptors (Lipinski definition) is 3. The van der Waals surface area contributed by atoms with E-state index in [1.165, 1.54) is 11.3 Å². The van der Waals surface area contributed by atoms with Gasteiger partial charge in [-0.3, -0.25) is 0 Å². The summed E-state index contributed by atoms with van der Waals surface area (Å²) in [6.07, 6.45) is 3.64. The maximum absolute atomic E-state index is 12.7. The third kappa shape index (κ3) is 3.97. The molecule has 114 valence electrons. The third-order valence-corrected chi connectivity index (χ3v) is 7.18. The topological polar surface area (TPSA) is 37.4 Å². The van der Waals surface area contributed by atoms with Crippen molar-refractivity contribution in [2.45, 2.75) is 49.8 Å². The molecule has 0 bridgehead atoms. The van der Waals surface area contributed by atoms with Gasteiger partial charge in [-0.1, -0.05) is 13.8 Å². The molecule has 1 aliphatic rings. The number of alkyl halides is 1. The van der Waals surface area contributed by atoms with Gasteiger partial charge in [0.15, 0.2) is 0 Å². The minimum Gasteiger partial charge on any atom is -0.206 e. The Balaban J connectivity index is 2.16. The lowest BCUT2D eigenvalue weighted by Gasteiger charge is -2.21. The highest BCUT2D eigenvalue weighted by molar-refractivity contribution is 7.91. The molecule has 1 saturated carbocycles. The van der Waals surface area contributed by atoms with Crippen LogP contribution in [-0.2, 0) is 16.4 Å². The Morgan fingerprint density at radius 1 is 1.40 bits per heavy atom. The smallest absolute Gasteiger partial charge is 0.206 e.